The van der Waals surface area contributed by atoms with Crippen molar-refractivity contribution in [2.45, 2.75) is 78.4 Å². The zero-order valence-electron chi connectivity index (χ0n) is 22.4. The van der Waals surface area contributed by atoms with Gasteiger partial charge in [0.2, 0.25) is 0 Å². The van der Waals surface area contributed by atoms with E-state index in [4.69, 9.17) is 4.74 Å². The predicted octanol–water partition coefficient (Wildman–Crippen LogP) is 9.29. The van der Waals surface area contributed by atoms with Crippen molar-refractivity contribution in [3.63, 3.8) is 0 Å². The van der Waals surface area contributed by atoms with Crippen LogP contribution in [-0.2, 0) is 22.7 Å². The molecule has 39 heavy (non-hydrogen) atoms. The van der Waals surface area contributed by atoms with E-state index in [1.54, 1.807) is 22.8 Å². The van der Waals surface area contributed by atoms with Gasteiger partial charge in [-0.1, -0.05) is 52.0 Å². The normalized spacial score (nSPS) is 17.2. The molecule has 0 spiro atoms. The average molecular weight is 572 g/mol. The molecule has 4 rings (SSSR count). The second kappa shape index (κ2) is 11.2. The van der Waals surface area contributed by atoms with Crippen LogP contribution in [0.3, 0.4) is 0 Å². The number of aromatic nitrogens is 1. The lowest BCUT2D eigenvalue weighted by Gasteiger charge is -2.25. The SMILES string of the molecule is C=C(C)C(=O)OCc1cc(C2=C(c3cn(CCCC)c4ccccc34)C(F)(F)C(F)(F)C2(F)F)c(C)s1.CC. The van der Waals surface area contributed by atoms with E-state index in [1.165, 1.54) is 26.1 Å². The van der Waals surface area contributed by atoms with Gasteiger partial charge in [-0.3, -0.25) is 0 Å². The average Bonchev–Trinajstić information content (AvgIpc) is 3.47. The molecule has 212 valence electrons. The third-order valence-electron chi connectivity index (χ3n) is 6.41. The van der Waals surface area contributed by atoms with Gasteiger partial charge in [0.15, 0.2) is 0 Å². The lowest BCUT2D eigenvalue weighted by Crippen LogP contribution is -2.48. The molecule has 0 N–H and O–H groups in total. The molecule has 1 aliphatic rings. The van der Waals surface area contributed by atoms with E-state index in [0.29, 0.717) is 18.5 Å². The Bertz CT molecular complexity index is 1420. The van der Waals surface area contributed by atoms with E-state index in [2.05, 4.69) is 6.58 Å². The summed E-state index contributed by atoms with van der Waals surface area (Å²) in [6, 6.07) is 7.43. The van der Waals surface area contributed by atoms with Crippen molar-refractivity contribution in [1.82, 2.24) is 4.57 Å². The van der Waals surface area contributed by atoms with Crippen molar-refractivity contribution in [1.29, 1.82) is 0 Å². The van der Waals surface area contributed by atoms with Crippen LogP contribution in [0.5, 0.6) is 0 Å². The lowest BCUT2D eigenvalue weighted by molar-refractivity contribution is -0.254. The number of para-hydroxylation sites is 1. The van der Waals surface area contributed by atoms with Gasteiger partial charge in [-0.2, -0.15) is 26.3 Å². The molecule has 0 aliphatic heterocycles. The smallest absolute Gasteiger partial charge is 0.380 e. The maximum Gasteiger partial charge on any atom is 0.380 e. The van der Waals surface area contributed by atoms with E-state index >= 15 is 17.6 Å². The van der Waals surface area contributed by atoms with Gasteiger partial charge < -0.3 is 9.30 Å². The highest BCUT2D eigenvalue weighted by molar-refractivity contribution is 7.12. The molecule has 0 fully saturated rings. The molecule has 0 unspecified atom stereocenters. The fourth-order valence-corrected chi connectivity index (χ4v) is 5.47. The van der Waals surface area contributed by atoms with Crippen LogP contribution in [0.4, 0.5) is 26.3 Å². The quantitative estimate of drug-likeness (QED) is 0.153. The number of carbonyl (C=O) groups excluding carboxylic acids is 1. The van der Waals surface area contributed by atoms with Gasteiger partial charge in [0.05, 0.1) is 0 Å². The minimum Gasteiger partial charge on any atom is -0.457 e. The Morgan fingerprint density at radius 1 is 1.03 bits per heavy atom. The maximum absolute atomic E-state index is 15.4. The molecular weight excluding hydrogens is 540 g/mol. The Hall–Kier alpha value is -3.01. The molecule has 3 nitrogen and oxygen atoms in total. The van der Waals surface area contributed by atoms with E-state index in [1.807, 2.05) is 20.8 Å². The molecular formula is C29H31F6NO2S. The molecule has 0 amide bonds. The number of rotatable bonds is 8. The summed E-state index contributed by atoms with van der Waals surface area (Å²) in [4.78, 5) is 12.1. The van der Waals surface area contributed by atoms with Gasteiger partial charge in [-0.25, -0.2) is 4.79 Å². The van der Waals surface area contributed by atoms with Gasteiger partial charge in [0.1, 0.15) is 6.61 Å². The van der Waals surface area contributed by atoms with Crippen LogP contribution in [0.2, 0.25) is 0 Å². The van der Waals surface area contributed by atoms with Crippen molar-refractivity contribution in [3.8, 4) is 0 Å². The Kier molecular flexibility index (Phi) is 8.79. The number of alkyl halides is 6. The molecule has 10 heteroatoms. The highest BCUT2D eigenvalue weighted by atomic mass is 32.1. The van der Waals surface area contributed by atoms with Crippen molar-refractivity contribution in [3.05, 3.63) is 69.6 Å². The van der Waals surface area contributed by atoms with Crippen LogP contribution >= 0.6 is 11.3 Å². The molecule has 2 heterocycles. The van der Waals surface area contributed by atoms with Gasteiger partial charge >= 0.3 is 23.7 Å². The number of carbonyl (C=O) groups is 1. The van der Waals surface area contributed by atoms with Gasteiger partial charge in [0.25, 0.3) is 0 Å². The Morgan fingerprint density at radius 2 is 1.62 bits per heavy atom. The highest BCUT2D eigenvalue weighted by Crippen LogP contribution is 2.65. The molecule has 0 bridgehead atoms. The van der Waals surface area contributed by atoms with Gasteiger partial charge in [-0.05, 0) is 38.0 Å². The first kappa shape index (κ1) is 30.5. The number of fused-ring (bicyclic) bond motifs is 1. The monoisotopic (exact) mass is 571 g/mol. The van der Waals surface area contributed by atoms with Crippen LogP contribution in [0, 0.1) is 6.92 Å². The largest absolute Gasteiger partial charge is 0.457 e. The standard InChI is InChI=1S/C27H25F6NO2S.C2H6/c1-5-6-11-34-13-20(18-9-7-8-10-21(18)34)23-22(25(28,29)27(32,33)26(23,30)31)19-12-17(37-16(19)4)14-36-24(35)15(2)3;1-2/h7-10,12-13H,2,5-6,11,14H2,1,3-4H3;1-2H3. The third kappa shape index (κ3) is 5.03. The Morgan fingerprint density at radius 3 is 2.21 bits per heavy atom. The minimum atomic E-state index is -5.65. The molecule has 1 aliphatic carbocycles. The molecule has 3 aromatic rings. The van der Waals surface area contributed by atoms with Crippen LogP contribution in [0.1, 0.15) is 61.4 Å². The summed E-state index contributed by atoms with van der Waals surface area (Å²) in [5.74, 6) is -16.7. The number of thiophene rings is 1. The number of benzene rings is 1. The molecule has 2 aromatic heterocycles. The molecule has 0 atom stereocenters. The van der Waals surface area contributed by atoms with Crippen molar-refractivity contribution in [2.75, 3.05) is 0 Å². The van der Waals surface area contributed by atoms with E-state index in [0.717, 1.165) is 23.8 Å². The van der Waals surface area contributed by atoms with E-state index < -0.39 is 40.4 Å². The summed E-state index contributed by atoms with van der Waals surface area (Å²) >= 11 is 0.904. The van der Waals surface area contributed by atoms with E-state index in [-0.39, 0.29) is 32.9 Å². The fraction of sp³-hybridized carbons (Fsp3) is 0.414. The second-order valence-corrected chi connectivity index (χ2v) is 10.5. The van der Waals surface area contributed by atoms with Crippen LogP contribution in [0.15, 0.2) is 48.7 Å². The fourth-order valence-electron chi connectivity index (χ4n) is 4.52. The number of halogens is 6. The zero-order chi connectivity index (χ0) is 29.3. The molecule has 0 saturated carbocycles. The Balaban J connectivity index is 0.00000205. The summed E-state index contributed by atoms with van der Waals surface area (Å²) in [5.41, 5.74) is -2.98. The van der Waals surface area contributed by atoms with Crippen LogP contribution in [-0.4, -0.2) is 28.3 Å². The summed E-state index contributed by atoms with van der Waals surface area (Å²) in [5, 5.41) is 0.183. The molecule has 0 radical (unpaired) electrons. The second-order valence-electron chi connectivity index (χ2n) is 9.12. The maximum atomic E-state index is 15.4. The minimum absolute atomic E-state index is 0.111. The van der Waals surface area contributed by atoms with Gasteiger partial charge in [0, 0.05) is 55.7 Å². The summed E-state index contributed by atoms with van der Waals surface area (Å²) < 4.78 is 97.8. The van der Waals surface area contributed by atoms with Crippen LogP contribution in [0.25, 0.3) is 22.0 Å². The summed E-state index contributed by atoms with van der Waals surface area (Å²) in [6.45, 7) is 12.3. The number of unbranched alkanes of at least 4 members (excludes halogenated alkanes) is 1. The third-order valence-corrected chi connectivity index (χ3v) is 7.43. The summed E-state index contributed by atoms with van der Waals surface area (Å²) in [6.07, 6.45) is 2.73. The number of allylic oxidation sites excluding steroid dienone is 2. The van der Waals surface area contributed by atoms with Crippen LogP contribution < -0.4 is 0 Å². The van der Waals surface area contributed by atoms with Crippen molar-refractivity contribution >= 4 is 39.4 Å². The molecule has 1 aromatic carbocycles. The number of nitrogens with zero attached hydrogens (tertiary/aromatic N) is 1. The number of esters is 1. The number of aryl methyl sites for hydroxylation is 2. The Labute approximate surface area is 227 Å². The van der Waals surface area contributed by atoms with E-state index in [9.17, 15) is 13.6 Å². The first-order valence-corrected chi connectivity index (χ1v) is 13.5. The lowest BCUT2D eigenvalue weighted by atomic mass is 9.94. The first-order valence-electron chi connectivity index (χ1n) is 12.6. The summed E-state index contributed by atoms with van der Waals surface area (Å²) in [7, 11) is 0. The number of ether oxygens (including phenoxy) is 1. The highest BCUT2D eigenvalue weighted by Gasteiger charge is 2.80. The number of hydrogen-bond donors (Lipinski definition) is 0. The first-order chi connectivity index (χ1) is 18.3. The zero-order valence-corrected chi connectivity index (χ0v) is 23.3. The number of hydrogen-bond acceptors (Lipinski definition) is 3. The van der Waals surface area contributed by atoms with Crippen molar-refractivity contribution < 1.29 is 35.9 Å². The predicted molar refractivity (Wildman–Crippen MR) is 144 cm³/mol. The van der Waals surface area contributed by atoms with Gasteiger partial charge in [-0.15, -0.1) is 11.3 Å². The van der Waals surface area contributed by atoms with Crippen molar-refractivity contribution in [2.24, 2.45) is 0 Å². The topological polar surface area (TPSA) is 31.2 Å². The molecule has 0 saturated heterocycles.